The Morgan fingerprint density at radius 1 is 1.29 bits per heavy atom. The van der Waals surface area contributed by atoms with E-state index < -0.39 is 17.7 Å². The minimum Gasteiger partial charge on any atom is -0.335 e. The Labute approximate surface area is 140 Å². The predicted octanol–water partition coefficient (Wildman–Crippen LogP) is 2.31. The normalized spacial score (nSPS) is 12.4. The quantitative estimate of drug-likeness (QED) is 0.779. The smallest absolute Gasteiger partial charge is 0.247 e. The van der Waals surface area contributed by atoms with E-state index in [0.29, 0.717) is 13.1 Å². The van der Waals surface area contributed by atoms with Crippen molar-refractivity contribution in [3.63, 3.8) is 0 Å². The molecule has 0 aliphatic rings. The van der Waals surface area contributed by atoms with Gasteiger partial charge in [0.15, 0.2) is 0 Å². The molecular weight excluding hydrogens is 314 g/mol. The second-order valence-electron chi connectivity index (χ2n) is 5.96. The van der Waals surface area contributed by atoms with Crippen LogP contribution < -0.4 is 0 Å². The van der Waals surface area contributed by atoms with Gasteiger partial charge in [-0.25, -0.2) is 8.78 Å². The summed E-state index contributed by atoms with van der Waals surface area (Å²) < 4.78 is 28.6. The van der Waals surface area contributed by atoms with Gasteiger partial charge in [-0.1, -0.05) is 6.07 Å². The number of hydrogen-bond acceptors (Lipinski definition) is 3. The van der Waals surface area contributed by atoms with E-state index in [1.54, 1.807) is 35.0 Å². The van der Waals surface area contributed by atoms with Crippen LogP contribution in [0.2, 0.25) is 0 Å². The molecule has 0 aliphatic heterocycles. The minimum absolute atomic E-state index is 0.0877. The van der Waals surface area contributed by atoms with Crippen molar-refractivity contribution in [3.8, 4) is 0 Å². The molecule has 1 amide bonds. The summed E-state index contributed by atoms with van der Waals surface area (Å²) in [4.78, 5) is 16.3. The fourth-order valence-corrected chi connectivity index (χ4v) is 2.33. The van der Waals surface area contributed by atoms with E-state index in [-0.39, 0.29) is 18.0 Å². The molecule has 0 fully saturated rings. The second kappa shape index (κ2) is 8.01. The van der Waals surface area contributed by atoms with Gasteiger partial charge in [-0.15, -0.1) is 0 Å². The predicted molar refractivity (Wildman–Crippen MR) is 87.3 cm³/mol. The van der Waals surface area contributed by atoms with Crippen LogP contribution in [0.3, 0.4) is 0 Å². The minimum atomic E-state index is -0.649. The van der Waals surface area contributed by atoms with Crippen LogP contribution in [0.1, 0.15) is 18.5 Å². The number of carbonyl (C=O) groups is 1. The Balaban J connectivity index is 2.18. The fourth-order valence-electron chi connectivity index (χ4n) is 2.33. The molecule has 1 aromatic carbocycles. The first kappa shape index (κ1) is 18.1. The van der Waals surface area contributed by atoms with Crippen molar-refractivity contribution >= 4 is 5.91 Å². The number of hydrogen-bond donors (Lipinski definition) is 0. The van der Waals surface area contributed by atoms with Crippen molar-refractivity contribution in [2.75, 3.05) is 27.2 Å². The standard InChI is InChI=1S/C17H22F2N4O/c1-13(23-8-4-7-20-23)17(24)22(10-9-21(2)3)12-14-5-6-15(18)11-16(14)19/h4-8,11,13H,9-10,12H2,1-3H3/t13-/m0/s1. The number of nitrogens with zero attached hydrogens (tertiary/aromatic N) is 4. The highest BCUT2D eigenvalue weighted by Crippen LogP contribution is 2.16. The van der Waals surface area contributed by atoms with Gasteiger partial charge >= 0.3 is 0 Å². The highest BCUT2D eigenvalue weighted by molar-refractivity contribution is 5.80. The summed E-state index contributed by atoms with van der Waals surface area (Å²) in [7, 11) is 3.80. The van der Waals surface area contributed by atoms with Crippen LogP contribution in [0.5, 0.6) is 0 Å². The molecule has 5 nitrogen and oxygen atoms in total. The highest BCUT2D eigenvalue weighted by Gasteiger charge is 2.23. The molecule has 2 aromatic rings. The van der Waals surface area contributed by atoms with Crippen molar-refractivity contribution < 1.29 is 13.6 Å². The van der Waals surface area contributed by atoms with Gasteiger partial charge in [0, 0.05) is 43.7 Å². The zero-order chi connectivity index (χ0) is 17.7. The Bertz CT molecular complexity index is 673. The molecule has 1 aromatic heterocycles. The van der Waals surface area contributed by atoms with E-state index in [1.165, 1.54) is 12.1 Å². The largest absolute Gasteiger partial charge is 0.335 e. The summed E-state index contributed by atoms with van der Waals surface area (Å²) in [5, 5.41) is 4.09. The SMILES string of the molecule is C[C@@H](C(=O)N(CCN(C)C)Cc1ccc(F)cc1F)n1cccn1. The Morgan fingerprint density at radius 2 is 2.04 bits per heavy atom. The first-order valence-electron chi connectivity index (χ1n) is 7.75. The van der Waals surface area contributed by atoms with Gasteiger partial charge in [-0.05, 0) is 33.2 Å². The molecule has 0 N–H and O–H groups in total. The lowest BCUT2D eigenvalue weighted by atomic mass is 10.1. The van der Waals surface area contributed by atoms with Crippen molar-refractivity contribution in [1.82, 2.24) is 19.6 Å². The van der Waals surface area contributed by atoms with Crippen molar-refractivity contribution in [3.05, 3.63) is 53.9 Å². The second-order valence-corrected chi connectivity index (χ2v) is 5.96. The van der Waals surface area contributed by atoms with Crippen LogP contribution in [0.15, 0.2) is 36.7 Å². The lowest BCUT2D eigenvalue weighted by Gasteiger charge is -2.27. The lowest BCUT2D eigenvalue weighted by Crippen LogP contribution is -2.40. The molecule has 2 rings (SSSR count). The number of benzene rings is 1. The molecular formula is C17H22F2N4O. The fraction of sp³-hybridized carbons (Fsp3) is 0.412. The lowest BCUT2D eigenvalue weighted by molar-refractivity contribution is -0.135. The van der Waals surface area contributed by atoms with Crippen molar-refractivity contribution in [1.29, 1.82) is 0 Å². The molecule has 0 saturated heterocycles. The summed E-state index contributed by atoms with van der Waals surface area (Å²) in [5.74, 6) is -1.44. The number of aromatic nitrogens is 2. The van der Waals surface area contributed by atoms with Crippen LogP contribution in [0, 0.1) is 11.6 Å². The van der Waals surface area contributed by atoms with Crippen LogP contribution in [-0.2, 0) is 11.3 Å². The average molecular weight is 336 g/mol. The van der Waals surface area contributed by atoms with Gasteiger partial charge in [0.25, 0.3) is 0 Å². The number of amides is 1. The number of likely N-dealkylation sites (N-methyl/N-ethyl adjacent to an activating group) is 1. The van der Waals surface area contributed by atoms with Gasteiger partial charge in [0.2, 0.25) is 5.91 Å². The molecule has 0 spiro atoms. The van der Waals surface area contributed by atoms with Gasteiger partial charge in [0.05, 0.1) is 0 Å². The maximum absolute atomic E-state index is 13.9. The van der Waals surface area contributed by atoms with E-state index in [2.05, 4.69) is 5.10 Å². The number of carbonyl (C=O) groups excluding carboxylic acids is 1. The zero-order valence-corrected chi connectivity index (χ0v) is 14.1. The maximum atomic E-state index is 13.9. The van der Waals surface area contributed by atoms with E-state index in [1.807, 2.05) is 19.0 Å². The first-order valence-corrected chi connectivity index (χ1v) is 7.75. The van der Waals surface area contributed by atoms with E-state index in [9.17, 15) is 13.6 Å². The van der Waals surface area contributed by atoms with Gasteiger partial charge in [-0.2, -0.15) is 5.10 Å². The summed E-state index contributed by atoms with van der Waals surface area (Å²) in [6.07, 6.45) is 3.32. The Morgan fingerprint density at radius 3 is 2.62 bits per heavy atom. The van der Waals surface area contributed by atoms with Crippen molar-refractivity contribution in [2.45, 2.75) is 19.5 Å². The third-order valence-electron chi connectivity index (χ3n) is 3.78. The Hall–Kier alpha value is -2.28. The number of halogens is 2. The summed E-state index contributed by atoms with van der Waals surface area (Å²) in [5.41, 5.74) is 0.288. The van der Waals surface area contributed by atoms with Crippen LogP contribution in [0.25, 0.3) is 0 Å². The molecule has 1 atom stereocenters. The summed E-state index contributed by atoms with van der Waals surface area (Å²) >= 11 is 0. The third kappa shape index (κ3) is 4.61. The molecule has 7 heteroatoms. The number of rotatable bonds is 7. The van der Waals surface area contributed by atoms with E-state index in [0.717, 1.165) is 6.07 Å². The monoisotopic (exact) mass is 336 g/mol. The van der Waals surface area contributed by atoms with E-state index >= 15 is 0 Å². The molecule has 24 heavy (non-hydrogen) atoms. The first-order chi connectivity index (χ1) is 11.4. The molecule has 0 unspecified atom stereocenters. The zero-order valence-electron chi connectivity index (χ0n) is 14.1. The molecule has 0 radical (unpaired) electrons. The molecule has 0 aliphatic carbocycles. The highest BCUT2D eigenvalue weighted by atomic mass is 19.1. The van der Waals surface area contributed by atoms with Crippen molar-refractivity contribution in [2.24, 2.45) is 0 Å². The third-order valence-corrected chi connectivity index (χ3v) is 3.78. The van der Waals surface area contributed by atoms with Gasteiger partial charge in [-0.3, -0.25) is 9.48 Å². The van der Waals surface area contributed by atoms with Gasteiger partial charge < -0.3 is 9.80 Å². The molecule has 130 valence electrons. The average Bonchev–Trinajstić information content (AvgIpc) is 3.06. The van der Waals surface area contributed by atoms with E-state index in [4.69, 9.17) is 0 Å². The summed E-state index contributed by atoms with van der Waals surface area (Å²) in [6, 6.07) is 4.66. The molecule has 0 bridgehead atoms. The van der Waals surface area contributed by atoms with Gasteiger partial charge in [0.1, 0.15) is 17.7 Å². The van der Waals surface area contributed by atoms with Crippen LogP contribution in [-0.4, -0.2) is 52.7 Å². The topological polar surface area (TPSA) is 41.4 Å². The van der Waals surface area contributed by atoms with Crippen LogP contribution in [0.4, 0.5) is 8.78 Å². The van der Waals surface area contributed by atoms with Crippen LogP contribution >= 0.6 is 0 Å². The maximum Gasteiger partial charge on any atom is 0.247 e. The summed E-state index contributed by atoms with van der Waals surface area (Å²) in [6.45, 7) is 2.91. The molecule has 0 saturated carbocycles. The molecule has 1 heterocycles. The Kier molecular flexibility index (Phi) is 6.03.